The van der Waals surface area contributed by atoms with E-state index in [4.69, 9.17) is 11.6 Å². The first-order chi connectivity index (χ1) is 9.57. The summed E-state index contributed by atoms with van der Waals surface area (Å²) in [5, 5.41) is 0.0648. The number of nitrogens with zero attached hydrogens (tertiary/aromatic N) is 3. The van der Waals surface area contributed by atoms with Gasteiger partial charge >= 0.3 is 0 Å². The topological polar surface area (TPSA) is 63.2 Å². The Labute approximate surface area is 124 Å². The van der Waals surface area contributed by atoms with Gasteiger partial charge in [-0.2, -0.15) is 4.31 Å². The van der Waals surface area contributed by atoms with Gasteiger partial charge in [0, 0.05) is 13.1 Å². The van der Waals surface area contributed by atoms with E-state index in [2.05, 4.69) is 9.97 Å². The number of halogens is 1. The standard InChI is InChI=1S/C13H18ClN3O2S/c14-13-15-7-12(8-16-13)20(18,19)17-6-5-10-3-1-2-4-11(10)9-17/h7-8,10-11H,1-6,9H2. The maximum absolute atomic E-state index is 12.6. The number of piperidine rings is 1. The molecule has 1 saturated carbocycles. The van der Waals surface area contributed by atoms with E-state index < -0.39 is 10.0 Å². The van der Waals surface area contributed by atoms with Crippen molar-refractivity contribution in [2.45, 2.75) is 37.0 Å². The third kappa shape index (κ3) is 2.69. The van der Waals surface area contributed by atoms with Gasteiger partial charge in [0.1, 0.15) is 4.90 Å². The van der Waals surface area contributed by atoms with E-state index in [1.165, 1.54) is 31.7 Å². The minimum atomic E-state index is -3.48. The number of hydrogen-bond acceptors (Lipinski definition) is 4. The number of fused-ring (bicyclic) bond motifs is 1. The molecule has 2 heterocycles. The quantitative estimate of drug-likeness (QED) is 0.786. The van der Waals surface area contributed by atoms with Crippen LogP contribution in [0.25, 0.3) is 0 Å². The summed E-state index contributed by atoms with van der Waals surface area (Å²) >= 11 is 5.61. The van der Waals surface area contributed by atoms with Gasteiger partial charge in [-0.25, -0.2) is 18.4 Å². The summed E-state index contributed by atoms with van der Waals surface area (Å²) in [7, 11) is -3.48. The molecule has 2 aliphatic rings. The van der Waals surface area contributed by atoms with Crippen molar-refractivity contribution in [2.24, 2.45) is 11.8 Å². The highest BCUT2D eigenvalue weighted by atomic mass is 35.5. The van der Waals surface area contributed by atoms with Gasteiger partial charge < -0.3 is 0 Å². The summed E-state index contributed by atoms with van der Waals surface area (Å²) in [4.78, 5) is 7.68. The molecule has 1 aromatic rings. The Kier molecular flexibility index (Phi) is 3.97. The van der Waals surface area contributed by atoms with Gasteiger partial charge in [-0.05, 0) is 36.3 Å². The highest BCUT2D eigenvalue weighted by Crippen LogP contribution is 2.37. The number of rotatable bonds is 2. The first-order valence-electron chi connectivity index (χ1n) is 7.05. The monoisotopic (exact) mass is 315 g/mol. The lowest BCUT2D eigenvalue weighted by Crippen LogP contribution is -2.44. The molecule has 5 nitrogen and oxygen atoms in total. The number of aromatic nitrogens is 2. The van der Waals surface area contributed by atoms with Crippen LogP contribution in [0.4, 0.5) is 0 Å². The summed E-state index contributed by atoms with van der Waals surface area (Å²) in [5.41, 5.74) is 0. The SMILES string of the molecule is O=S(=O)(c1cnc(Cl)nc1)N1CCC2CCCCC2C1. The third-order valence-electron chi connectivity index (χ3n) is 4.49. The van der Waals surface area contributed by atoms with Crippen LogP contribution in [-0.2, 0) is 10.0 Å². The molecule has 0 bridgehead atoms. The molecule has 3 rings (SSSR count). The normalized spacial score (nSPS) is 28.1. The molecule has 1 aliphatic heterocycles. The molecule has 0 spiro atoms. The van der Waals surface area contributed by atoms with Crippen LogP contribution in [0.2, 0.25) is 5.28 Å². The van der Waals surface area contributed by atoms with Crippen LogP contribution in [0.5, 0.6) is 0 Å². The molecular weight excluding hydrogens is 298 g/mol. The van der Waals surface area contributed by atoms with E-state index in [9.17, 15) is 8.42 Å². The molecule has 110 valence electrons. The summed E-state index contributed by atoms with van der Waals surface area (Å²) in [6, 6.07) is 0. The highest BCUT2D eigenvalue weighted by Gasteiger charge is 2.36. The van der Waals surface area contributed by atoms with E-state index in [1.54, 1.807) is 4.31 Å². The van der Waals surface area contributed by atoms with Crippen molar-refractivity contribution in [3.63, 3.8) is 0 Å². The van der Waals surface area contributed by atoms with Gasteiger partial charge in [-0.3, -0.25) is 0 Å². The van der Waals surface area contributed by atoms with Crippen molar-refractivity contribution in [3.05, 3.63) is 17.7 Å². The minimum absolute atomic E-state index is 0.0648. The molecule has 0 N–H and O–H groups in total. The molecule has 1 aliphatic carbocycles. The number of sulfonamides is 1. The van der Waals surface area contributed by atoms with Crippen molar-refractivity contribution in [2.75, 3.05) is 13.1 Å². The van der Waals surface area contributed by atoms with Crippen LogP contribution in [-0.4, -0.2) is 35.8 Å². The molecule has 2 atom stereocenters. The van der Waals surface area contributed by atoms with Crippen LogP contribution >= 0.6 is 11.6 Å². The van der Waals surface area contributed by atoms with Gasteiger partial charge in [0.15, 0.2) is 0 Å². The Morgan fingerprint density at radius 2 is 1.75 bits per heavy atom. The third-order valence-corrected chi connectivity index (χ3v) is 6.50. The molecule has 20 heavy (non-hydrogen) atoms. The molecule has 2 fully saturated rings. The average molecular weight is 316 g/mol. The Morgan fingerprint density at radius 1 is 1.10 bits per heavy atom. The van der Waals surface area contributed by atoms with Crippen molar-refractivity contribution >= 4 is 21.6 Å². The Bertz CT molecular complexity index is 576. The van der Waals surface area contributed by atoms with E-state index in [0.29, 0.717) is 24.9 Å². The summed E-state index contributed by atoms with van der Waals surface area (Å²) in [6.45, 7) is 1.24. The van der Waals surface area contributed by atoms with Crippen molar-refractivity contribution in [1.29, 1.82) is 0 Å². The Morgan fingerprint density at radius 3 is 2.45 bits per heavy atom. The highest BCUT2D eigenvalue weighted by molar-refractivity contribution is 7.89. The second kappa shape index (κ2) is 5.58. The maximum atomic E-state index is 12.6. The van der Waals surface area contributed by atoms with Crippen LogP contribution < -0.4 is 0 Å². The summed E-state index contributed by atoms with van der Waals surface area (Å²) in [6.07, 6.45) is 8.46. The van der Waals surface area contributed by atoms with Gasteiger partial charge in [0.2, 0.25) is 15.3 Å². The summed E-state index contributed by atoms with van der Waals surface area (Å²) < 4.78 is 26.7. The smallest absolute Gasteiger partial charge is 0.225 e. The van der Waals surface area contributed by atoms with Crippen molar-refractivity contribution in [3.8, 4) is 0 Å². The van der Waals surface area contributed by atoms with Crippen molar-refractivity contribution < 1.29 is 8.42 Å². The predicted octanol–water partition coefficient (Wildman–Crippen LogP) is 2.33. The van der Waals surface area contributed by atoms with Crippen LogP contribution in [0.15, 0.2) is 17.3 Å². The molecule has 0 radical (unpaired) electrons. The molecular formula is C13H18ClN3O2S. The molecule has 2 unspecified atom stereocenters. The lowest BCUT2D eigenvalue weighted by molar-refractivity contribution is 0.136. The van der Waals surface area contributed by atoms with E-state index in [1.807, 2.05) is 0 Å². The first-order valence-corrected chi connectivity index (χ1v) is 8.87. The lowest BCUT2D eigenvalue weighted by atomic mass is 9.76. The zero-order valence-corrected chi connectivity index (χ0v) is 12.8. The fourth-order valence-electron chi connectivity index (χ4n) is 3.37. The second-order valence-corrected chi connectivity index (χ2v) is 7.92. The van der Waals surface area contributed by atoms with Crippen LogP contribution in [0.3, 0.4) is 0 Å². The molecule has 7 heteroatoms. The van der Waals surface area contributed by atoms with Crippen LogP contribution in [0.1, 0.15) is 32.1 Å². The van der Waals surface area contributed by atoms with E-state index in [-0.39, 0.29) is 10.2 Å². The fourth-order valence-corrected chi connectivity index (χ4v) is 4.87. The van der Waals surface area contributed by atoms with Gasteiger partial charge in [0.05, 0.1) is 12.4 Å². The molecule has 1 saturated heterocycles. The second-order valence-electron chi connectivity index (χ2n) is 5.64. The largest absolute Gasteiger partial charge is 0.246 e. The Balaban J connectivity index is 1.79. The lowest BCUT2D eigenvalue weighted by Gasteiger charge is -2.40. The average Bonchev–Trinajstić information content (AvgIpc) is 2.47. The predicted molar refractivity (Wildman–Crippen MR) is 75.9 cm³/mol. The van der Waals surface area contributed by atoms with Gasteiger partial charge in [-0.15, -0.1) is 0 Å². The molecule has 1 aromatic heterocycles. The maximum Gasteiger partial charge on any atom is 0.246 e. The Hall–Kier alpha value is -0.720. The van der Waals surface area contributed by atoms with E-state index in [0.717, 1.165) is 12.8 Å². The first kappa shape index (κ1) is 14.2. The van der Waals surface area contributed by atoms with E-state index >= 15 is 0 Å². The van der Waals surface area contributed by atoms with Crippen LogP contribution in [0, 0.1) is 11.8 Å². The summed E-state index contributed by atoms with van der Waals surface area (Å²) in [5.74, 6) is 1.22. The minimum Gasteiger partial charge on any atom is -0.225 e. The zero-order chi connectivity index (χ0) is 14.2. The fraction of sp³-hybridized carbons (Fsp3) is 0.692. The molecule has 0 aromatic carbocycles. The zero-order valence-electron chi connectivity index (χ0n) is 11.2. The number of hydrogen-bond donors (Lipinski definition) is 0. The molecule has 0 amide bonds. The van der Waals surface area contributed by atoms with Gasteiger partial charge in [0.25, 0.3) is 0 Å². The van der Waals surface area contributed by atoms with Gasteiger partial charge in [-0.1, -0.05) is 19.3 Å². The van der Waals surface area contributed by atoms with Crippen molar-refractivity contribution in [1.82, 2.24) is 14.3 Å².